The van der Waals surface area contributed by atoms with E-state index in [4.69, 9.17) is 4.99 Å². The molecule has 2 amide bonds. The number of nitrogens with one attached hydrogen (secondary N) is 1. The van der Waals surface area contributed by atoms with Crippen molar-refractivity contribution in [3.8, 4) is 0 Å². The second-order valence-electron chi connectivity index (χ2n) is 7.55. The number of benzodiazepines with no additional fused rings is 1. The largest absolute Gasteiger partial charge is 0.354 e. The van der Waals surface area contributed by atoms with Crippen LogP contribution in [0.15, 0.2) is 89.9 Å². The number of benzene rings is 3. The van der Waals surface area contributed by atoms with Crippen LogP contribution in [-0.2, 0) is 16.0 Å². The van der Waals surface area contributed by atoms with Crippen molar-refractivity contribution in [2.24, 2.45) is 4.99 Å². The molecule has 1 unspecified atom stereocenters. The molecule has 31 heavy (non-hydrogen) atoms. The Bertz CT molecular complexity index is 1090. The highest BCUT2D eigenvalue weighted by Crippen LogP contribution is 2.28. The van der Waals surface area contributed by atoms with Crippen molar-refractivity contribution in [2.45, 2.75) is 19.4 Å². The van der Waals surface area contributed by atoms with Gasteiger partial charge in [-0.15, -0.1) is 0 Å². The number of fused-ring (bicyclic) bond motifs is 1. The fourth-order valence-electron chi connectivity index (χ4n) is 3.75. The average molecular weight is 412 g/mol. The first-order chi connectivity index (χ1) is 15.1. The number of hydrogen-bond acceptors (Lipinski definition) is 3. The van der Waals surface area contributed by atoms with Crippen molar-refractivity contribution < 1.29 is 9.59 Å². The number of nitrogens with zero attached hydrogens (tertiary/aromatic N) is 2. The molecule has 0 radical (unpaired) electrons. The predicted molar refractivity (Wildman–Crippen MR) is 123 cm³/mol. The van der Waals surface area contributed by atoms with Crippen molar-refractivity contribution in [1.29, 1.82) is 0 Å². The van der Waals surface area contributed by atoms with E-state index in [0.29, 0.717) is 12.2 Å². The molecule has 0 saturated heterocycles. The van der Waals surface area contributed by atoms with Crippen molar-refractivity contribution in [3.05, 3.63) is 102 Å². The minimum absolute atomic E-state index is 0.0352. The molecule has 4 rings (SSSR count). The van der Waals surface area contributed by atoms with E-state index < -0.39 is 6.04 Å². The van der Waals surface area contributed by atoms with Gasteiger partial charge in [-0.05, 0) is 25.0 Å². The summed E-state index contributed by atoms with van der Waals surface area (Å²) in [4.78, 5) is 32.1. The van der Waals surface area contributed by atoms with Crippen LogP contribution in [0.2, 0.25) is 0 Å². The Morgan fingerprint density at radius 3 is 2.32 bits per heavy atom. The third-order valence-electron chi connectivity index (χ3n) is 5.32. The SMILES string of the molecule is CC1N=C(c2ccccc2)c2ccccc2N(CC(=O)NCCc2ccccc2)C1=O. The maximum atomic E-state index is 13.2. The van der Waals surface area contributed by atoms with Crippen LogP contribution in [0.25, 0.3) is 0 Å². The zero-order chi connectivity index (χ0) is 21.6. The summed E-state index contributed by atoms with van der Waals surface area (Å²) >= 11 is 0. The first kappa shape index (κ1) is 20.5. The number of anilines is 1. The minimum atomic E-state index is -0.584. The number of carbonyl (C=O) groups is 2. The second kappa shape index (κ2) is 9.39. The van der Waals surface area contributed by atoms with Crippen LogP contribution in [-0.4, -0.2) is 36.7 Å². The smallest absolute Gasteiger partial charge is 0.252 e. The number of para-hydroxylation sites is 1. The van der Waals surface area contributed by atoms with E-state index in [1.165, 1.54) is 0 Å². The molecule has 1 atom stereocenters. The Morgan fingerprint density at radius 1 is 0.935 bits per heavy atom. The molecule has 3 aromatic carbocycles. The van der Waals surface area contributed by atoms with Gasteiger partial charge in [-0.25, -0.2) is 0 Å². The lowest BCUT2D eigenvalue weighted by molar-refractivity contribution is -0.124. The van der Waals surface area contributed by atoms with Gasteiger partial charge in [-0.2, -0.15) is 0 Å². The van der Waals surface area contributed by atoms with Gasteiger partial charge in [-0.1, -0.05) is 78.9 Å². The Balaban J connectivity index is 1.54. The average Bonchev–Trinajstić information content (AvgIpc) is 2.91. The standard InChI is InChI=1S/C26H25N3O2/c1-19-26(31)29(18-24(30)27-17-16-20-10-4-2-5-11-20)23-15-9-8-14-22(23)25(28-19)21-12-6-3-7-13-21/h2-15,19H,16-18H2,1H3,(H,27,30). The molecule has 1 aliphatic heterocycles. The van der Waals surface area contributed by atoms with Gasteiger partial charge < -0.3 is 10.2 Å². The Morgan fingerprint density at radius 2 is 1.58 bits per heavy atom. The fourth-order valence-corrected chi connectivity index (χ4v) is 3.75. The third-order valence-corrected chi connectivity index (χ3v) is 5.32. The molecule has 0 aromatic heterocycles. The lowest BCUT2D eigenvalue weighted by atomic mass is 10.0. The molecule has 0 fully saturated rings. The van der Waals surface area contributed by atoms with E-state index in [2.05, 4.69) is 5.32 Å². The molecular formula is C26H25N3O2. The first-order valence-electron chi connectivity index (χ1n) is 10.5. The number of hydrogen-bond donors (Lipinski definition) is 1. The van der Waals surface area contributed by atoms with Crippen LogP contribution < -0.4 is 10.2 Å². The second-order valence-corrected chi connectivity index (χ2v) is 7.55. The third kappa shape index (κ3) is 4.72. The van der Waals surface area contributed by atoms with E-state index in [9.17, 15) is 9.59 Å². The molecule has 1 N–H and O–H groups in total. The van der Waals surface area contributed by atoms with Crippen molar-refractivity contribution >= 4 is 23.2 Å². The maximum absolute atomic E-state index is 13.2. The number of carbonyl (C=O) groups excluding carboxylic acids is 2. The summed E-state index contributed by atoms with van der Waals surface area (Å²) < 4.78 is 0. The van der Waals surface area contributed by atoms with Crippen molar-refractivity contribution in [3.63, 3.8) is 0 Å². The molecule has 0 aliphatic carbocycles. The minimum Gasteiger partial charge on any atom is -0.354 e. The van der Waals surface area contributed by atoms with Gasteiger partial charge in [-0.3, -0.25) is 14.6 Å². The van der Waals surface area contributed by atoms with Crippen LogP contribution in [0.5, 0.6) is 0 Å². The number of aliphatic imine (C=N–C) groups is 1. The first-order valence-corrected chi connectivity index (χ1v) is 10.5. The molecule has 5 nitrogen and oxygen atoms in total. The molecule has 1 heterocycles. The summed E-state index contributed by atoms with van der Waals surface area (Å²) in [5.74, 6) is -0.369. The number of rotatable bonds is 6. The van der Waals surface area contributed by atoms with Crippen LogP contribution in [0.3, 0.4) is 0 Å². The monoisotopic (exact) mass is 411 g/mol. The van der Waals surface area contributed by atoms with Gasteiger partial charge in [0.15, 0.2) is 0 Å². The zero-order valence-corrected chi connectivity index (χ0v) is 17.5. The summed E-state index contributed by atoms with van der Waals surface area (Å²) in [7, 11) is 0. The van der Waals surface area contributed by atoms with Gasteiger partial charge in [0.25, 0.3) is 5.91 Å². The highest BCUT2D eigenvalue weighted by Gasteiger charge is 2.30. The van der Waals surface area contributed by atoms with Crippen LogP contribution >= 0.6 is 0 Å². The van der Waals surface area contributed by atoms with E-state index in [-0.39, 0.29) is 18.4 Å². The van der Waals surface area contributed by atoms with Crippen LogP contribution in [0.4, 0.5) is 5.69 Å². The Kier molecular flexibility index (Phi) is 6.22. The highest BCUT2D eigenvalue weighted by atomic mass is 16.2. The predicted octanol–water partition coefficient (Wildman–Crippen LogP) is 3.62. The van der Waals surface area contributed by atoms with Crippen molar-refractivity contribution in [2.75, 3.05) is 18.0 Å². The zero-order valence-electron chi connectivity index (χ0n) is 17.5. The summed E-state index contributed by atoms with van der Waals surface area (Å²) in [5, 5.41) is 2.94. The molecule has 0 saturated carbocycles. The van der Waals surface area contributed by atoms with E-state index in [1.54, 1.807) is 11.8 Å². The molecule has 3 aromatic rings. The normalized spacial score (nSPS) is 15.6. The number of amides is 2. The Hall–Kier alpha value is -3.73. The van der Waals surface area contributed by atoms with Crippen LogP contribution in [0.1, 0.15) is 23.6 Å². The van der Waals surface area contributed by atoms with E-state index >= 15 is 0 Å². The molecule has 0 spiro atoms. The topological polar surface area (TPSA) is 61.8 Å². The highest BCUT2D eigenvalue weighted by molar-refractivity contribution is 6.20. The van der Waals surface area contributed by atoms with Crippen LogP contribution in [0, 0.1) is 0 Å². The lowest BCUT2D eigenvalue weighted by Crippen LogP contribution is -2.44. The van der Waals surface area contributed by atoms with Crippen molar-refractivity contribution in [1.82, 2.24) is 5.32 Å². The summed E-state index contributed by atoms with van der Waals surface area (Å²) in [6, 6.07) is 26.9. The van der Waals surface area contributed by atoms with Gasteiger partial charge in [0.1, 0.15) is 12.6 Å². The van der Waals surface area contributed by atoms with E-state index in [1.807, 2.05) is 84.9 Å². The summed E-state index contributed by atoms with van der Waals surface area (Å²) in [6.07, 6.45) is 0.745. The molecule has 0 bridgehead atoms. The Labute approximate surface area is 182 Å². The quantitative estimate of drug-likeness (QED) is 0.673. The summed E-state index contributed by atoms with van der Waals surface area (Å²) in [6.45, 7) is 2.26. The molecule has 1 aliphatic rings. The van der Waals surface area contributed by atoms with Gasteiger partial charge >= 0.3 is 0 Å². The van der Waals surface area contributed by atoms with Gasteiger partial charge in [0.05, 0.1) is 11.4 Å². The molecule has 5 heteroatoms. The maximum Gasteiger partial charge on any atom is 0.252 e. The molecular weight excluding hydrogens is 386 g/mol. The summed E-state index contributed by atoms with van der Waals surface area (Å²) in [5.41, 5.74) is 4.43. The fraction of sp³-hybridized carbons (Fsp3) is 0.192. The van der Waals surface area contributed by atoms with Gasteiger partial charge in [0.2, 0.25) is 5.91 Å². The lowest BCUT2D eigenvalue weighted by Gasteiger charge is -2.24. The molecule has 156 valence electrons. The van der Waals surface area contributed by atoms with Gasteiger partial charge in [0, 0.05) is 17.7 Å². The van der Waals surface area contributed by atoms with E-state index in [0.717, 1.165) is 28.8 Å².